The molecule has 1 aliphatic rings. The van der Waals surface area contributed by atoms with Crippen LogP contribution in [0.5, 0.6) is 11.5 Å². The summed E-state index contributed by atoms with van der Waals surface area (Å²) in [6, 6.07) is 5.64. The van der Waals surface area contributed by atoms with E-state index in [1.54, 1.807) is 14.2 Å². The Hall–Kier alpha value is -0.750. The van der Waals surface area contributed by atoms with E-state index in [9.17, 15) is 4.79 Å². The molecule has 1 saturated heterocycles. The van der Waals surface area contributed by atoms with Crippen LogP contribution in [0.25, 0.3) is 0 Å². The fourth-order valence-electron chi connectivity index (χ4n) is 2.22. The van der Waals surface area contributed by atoms with E-state index in [1.807, 2.05) is 23.1 Å². The van der Waals surface area contributed by atoms with Crippen LogP contribution in [0.2, 0.25) is 0 Å². The zero-order chi connectivity index (χ0) is 14.7. The van der Waals surface area contributed by atoms with E-state index in [1.165, 1.54) is 0 Å². The maximum Gasteiger partial charge on any atom is 0.223 e. The molecule has 0 radical (unpaired) electrons. The Morgan fingerprint density at radius 1 is 1.30 bits per heavy atom. The zero-order valence-electron chi connectivity index (χ0n) is 11.4. The van der Waals surface area contributed by atoms with E-state index in [0.717, 1.165) is 23.5 Å². The van der Waals surface area contributed by atoms with Crippen LogP contribution in [0.15, 0.2) is 18.2 Å². The number of likely N-dealkylation sites (tertiary alicyclic amines) is 1. The minimum atomic E-state index is -0.00411. The third kappa shape index (κ3) is 3.28. The number of carbonyl (C=O) groups is 1. The smallest absolute Gasteiger partial charge is 0.223 e. The molecule has 0 saturated carbocycles. The standard InChI is InChI=1S/C14H17Br2NO3/c1-19-10-4-3-9(12(7-10)20-2)8-17-13(18)6-5-11(15)14(17)16/h3-4,7,11,14H,5-6,8H2,1-2H3. The van der Waals surface area contributed by atoms with E-state index in [4.69, 9.17) is 9.47 Å². The first-order valence-corrected chi connectivity index (χ1v) is 8.18. The van der Waals surface area contributed by atoms with Gasteiger partial charge in [-0.25, -0.2) is 0 Å². The number of rotatable bonds is 4. The summed E-state index contributed by atoms with van der Waals surface area (Å²) in [6.45, 7) is 0.518. The molecule has 110 valence electrons. The van der Waals surface area contributed by atoms with E-state index < -0.39 is 0 Å². The molecule has 2 rings (SSSR count). The van der Waals surface area contributed by atoms with Gasteiger partial charge in [0.1, 0.15) is 16.5 Å². The Bertz CT molecular complexity index is 495. The van der Waals surface area contributed by atoms with E-state index >= 15 is 0 Å². The van der Waals surface area contributed by atoms with Crippen LogP contribution in [0.4, 0.5) is 0 Å². The van der Waals surface area contributed by atoms with Gasteiger partial charge in [0.15, 0.2) is 0 Å². The fourth-order valence-corrected chi connectivity index (χ4v) is 3.37. The summed E-state index contributed by atoms with van der Waals surface area (Å²) in [5.74, 6) is 1.62. The van der Waals surface area contributed by atoms with Crippen molar-refractivity contribution >= 4 is 37.8 Å². The van der Waals surface area contributed by atoms with Gasteiger partial charge in [0.25, 0.3) is 0 Å². The van der Waals surface area contributed by atoms with Crippen molar-refractivity contribution in [1.29, 1.82) is 0 Å². The maximum absolute atomic E-state index is 12.1. The number of nitrogens with zero attached hydrogens (tertiary/aromatic N) is 1. The molecule has 1 amide bonds. The average molecular weight is 407 g/mol. The second-order valence-electron chi connectivity index (χ2n) is 4.63. The van der Waals surface area contributed by atoms with E-state index in [-0.39, 0.29) is 15.7 Å². The lowest BCUT2D eigenvalue weighted by Crippen LogP contribution is -2.45. The van der Waals surface area contributed by atoms with E-state index in [2.05, 4.69) is 31.9 Å². The topological polar surface area (TPSA) is 38.8 Å². The molecule has 2 unspecified atom stereocenters. The van der Waals surface area contributed by atoms with Crippen LogP contribution < -0.4 is 9.47 Å². The molecule has 0 spiro atoms. The van der Waals surface area contributed by atoms with Gasteiger partial charge < -0.3 is 14.4 Å². The summed E-state index contributed by atoms with van der Waals surface area (Å²) < 4.78 is 10.6. The van der Waals surface area contributed by atoms with Crippen LogP contribution >= 0.6 is 31.9 Å². The number of piperidine rings is 1. The number of methoxy groups -OCH3 is 2. The van der Waals surface area contributed by atoms with Gasteiger partial charge in [0, 0.05) is 22.9 Å². The quantitative estimate of drug-likeness (QED) is 0.568. The Labute approximate surface area is 135 Å². The summed E-state index contributed by atoms with van der Waals surface area (Å²) in [7, 11) is 3.24. The minimum Gasteiger partial charge on any atom is -0.497 e. The van der Waals surface area contributed by atoms with Gasteiger partial charge in [-0.2, -0.15) is 0 Å². The lowest BCUT2D eigenvalue weighted by atomic mass is 10.1. The maximum atomic E-state index is 12.1. The Morgan fingerprint density at radius 3 is 2.70 bits per heavy atom. The van der Waals surface area contributed by atoms with Gasteiger partial charge in [-0.1, -0.05) is 31.9 Å². The first kappa shape index (κ1) is 15.6. The van der Waals surface area contributed by atoms with Crippen molar-refractivity contribution in [2.75, 3.05) is 14.2 Å². The van der Waals surface area contributed by atoms with Crippen molar-refractivity contribution in [3.8, 4) is 11.5 Å². The van der Waals surface area contributed by atoms with Crippen molar-refractivity contribution in [1.82, 2.24) is 4.90 Å². The largest absolute Gasteiger partial charge is 0.497 e. The molecule has 0 N–H and O–H groups in total. The first-order valence-electron chi connectivity index (χ1n) is 6.35. The SMILES string of the molecule is COc1ccc(CN2C(=O)CCC(Br)C2Br)c(OC)c1. The van der Waals surface area contributed by atoms with Gasteiger partial charge in [0.05, 0.1) is 20.8 Å². The molecular weight excluding hydrogens is 390 g/mol. The lowest BCUT2D eigenvalue weighted by molar-refractivity contribution is -0.134. The molecule has 4 nitrogen and oxygen atoms in total. The molecule has 1 aromatic carbocycles. The van der Waals surface area contributed by atoms with Gasteiger partial charge in [-0.15, -0.1) is 0 Å². The predicted molar refractivity (Wildman–Crippen MR) is 84.8 cm³/mol. The van der Waals surface area contributed by atoms with Crippen molar-refractivity contribution in [3.63, 3.8) is 0 Å². The van der Waals surface area contributed by atoms with Crippen LogP contribution in [0.3, 0.4) is 0 Å². The highest BCUT2D eigenvalue weighted by Gasteiger charge is 2.32. The van der Waals surface area contributed by atoms with E-state index in [0.29, 0.717) is 13.0 Å². The van der Waals surface area contributed by atoms with Crippen molar-refractivity contribution in [2.45, 2.75) is 29.2 Å². The summed E-state index contributed by atoms with van der Waals surface area (Å²) >= 11 is 7.19. The second-order valence-corrected chi connectivity index (χ2v) is 6.74. The normalized spacial score (nSPS) is 22.8. The molecule has 2 atom stereocenters. The number of amides is 1. The number of alkyl halides is 2. The minimum absolute atomic E-state index is 0.00411. The zero-order valence-corrected chi connectivity index (χ0v) is 14.6. The van der Waals surface area contributed by atoms with Gasteiger partial charge in [-0.3, -0.25) is 4.79 Å². The molecular formula is C14H17Br2NO3. The molecule has 6 heteroatoms. The lowest BCUT2D eigenvalue weighted by Gasteiger charge is -2.35. The third-order valence-electron chi connectivity index (χ3n) is 3.39. The molecule has 1 fully saturated rings. The Balaban J connectivity index is 2.22. The summed E-state index contributed by atoms with van der Waals surface area (Å²) in [6.07, 6.45) is 1.42. The van der Waals surface area contributed by atoms with Gasteiger partial charge in [0.2, 0.25) is 5.91 Å². The molecule has 1 aliphatic heterocycles. The van der Waals surface area contributed by atoms with Crippen molar-refractivity contribution in [3.05, 3.63) is 23.8 Å². The third-order valence-corrected chi connectivity index (χ3v) is 6.19. The number of benzene rings is 1. The Morgan fingerprint density at radius 2 is 2.05 bits per heavy atom. The van der Waals surface area contributed by atoms with Crippen molar-refractivity contribution in [2.24, 2.45) is 0 Å². The molecule has 0 aliphatic carbocycles. The summed E-state index contributed by atoms with van der Waals surface area (Å²) in [5.41, 5.74) is 0.965. The average Bonchev–Trinajstić information content (AvgIpc) is 2.47. The van der Waals surface area contributed by atoms with Crippen LogP contribution in [0, 0.1) is 0 Å². The number of hydrogen-bond donors (Lipinski definition) is 0. The molecule has 0 bridgehead atoms. The Kier molecular flexibility index (Phi) is 5.32. The number of halogens is 2. The number of carbonyl (C=O) groups excluding carboxylic acids is 1. The second kappa shape index (κ2) is 6.80. The highest BCUT2D eigenvalue weighted by Crippen LogP contribution is 2.32. The van der Waals surface area contributed by atoms with Crippen LogP contribution in [0.1, 0.15) is 18.4 Å². The predicted octanol–water partition coefficient (Wildman–Crippen LogP) is 3.31. The monoisotopic (exact) mass is 405 g/mol. The first-order chi connectivity index (χ1) is 9.56. The molecule has 0 aromatic heterocycles. The van der Waals surface area contributed by atoms with Gasteiger partial charge >= 0.3 is 0 Å². The van der Waals surface area contributed by atoms with Crippen molar-refractivity contribution < 1.29 is 14.3 Å². The van der Waals surface area contributed by atoms with Crippen LogP contribution in [-0.2, 0) is 11.3 Å². The number of hydrogen-bond acceptors (Lipinski definition) is 3. The molecule has 1 heterocycles. The summed E-state index contributed by atoms with van der Waals surface area (Å²) in [4.78, 5) is 14.2. The fraction of sp³-hybridized carbons (Fsp3) is 0.500. The highest BCUT2D eigenvalue weighted by molar-refractivity contribution is 9.12. The molecule has 1 aromatic rings. The molecule has 20 heavy (non-hydrogen) atoms. The van der Waals surface area contributed by atoms with Gasteiger partial charge in [-0.05, 0) is 18.6 Å². The summed E-state index contributed by atoms with van der Waals surface area (Å²) in [5, 5.41) is 0. The van der Waals surface area contributed by atoms with Crippen LogP contribution in [-0.4, -0.2) is 34.8 Å². The highest BCUT2D eigenvalue weighted by atomic mass is 79.9. The number of ether oxygens (including phenoxy) is 2.